The first-order chi connectivity index (χ1) is 11.3. The first-order valence-corrected chi connectivity index (χ1v) is 8.52. The number of halogens is 1. The second-order valence-electron chi connectivity index (χ2n) is 6.55. The summed E-state index contributed by atoms with van der Waals surface area (Å²) in [5.74, 6) is 0.211. The minimum atomic E-state index is -0.186. The van der Waals surface area contributed by atoms with E-state index < -0.39 is 0 Å². The summed E-state index contributed by atoms with van der Waals surface area (Å²) in [5.41, 5.74) is 4.92. The van der Waals surface area contributed by atoms with Crippen molar-refractivity contribution in [3.63, 3.8) is 0 Å². The highest BCUT2D eigenvalue weighted by Gasteiger charge is 2.39. The lowest BCUT2D eigenvalue weighted by Gasteiger charge is -2.43. The van der Waals surface area contributed by atoms with Gasteiger partial charge in [-0.2, -0.15) is 0 Å². The van der Waals surface area contributed by atoms with Crippen LogP contribution in [0.2, 0.25) is 0 Å². The quantitative estimate of drug-likeness (QED) is 0.840. The maximum atomic E-state index is 13.3. The van der Waals surface area contributed by atoms with E-state index in [4.69, 9.17) is 4.74 Å². The van der Waals surface area contributed by atoms with Crippen LogP contribution in [0.3, 0.4) is 0 Å². The summed E-state index contributed by atoms with van der Waals surface area (Å²) in [5, 5.41) is 3.68. The van der Waals surface area contributed by atoms with Crippen LogP contribution in [0.15, 0.2) is 42.5 Å². The molecule has 4 rings (SSSR count). The fourth-order valence-electron chi connectivity index (χ4n) is 3.94. The van der Waals surface area contributed by atoms with Crippen molar-refractivity contribution in [1.82, 2.24) is 0 Å². The molecule has 2 aromatic rings. The fraction of sp³-hybridized carbons (Fsp3) is 0.400. The molecule has 1 N–H and O–H groups in total. The van der Waals surface area contributed by atoms with Crippen LogP contribution >= 0.6 is 0 Å². The van der Waals surface area contributed by atoms with Gasteiger partial charge in [-0.15, -0.1) is 0 Å². The topological polar surface area (TPSA) is 21.3 Å². The molecule has 2 heterocycles. The summed E-state index contributed by atoms with van der Waals surface area (Å²) in [6.45, 7) is 3.01. The van der Waals surface area contributed by atoms with Gasteiger partial charge in [-0.25, -0.2) is 4.39 Å². The molecule has 2 aromatic carbocycles. The number of hydrogen-bond donors (Lipinski definition) is 1. The Morgan fingerprint density at radius 1 is 1.17 bits per heavy atom. The van der Waals surface area contributed by atoms with E-state index in [0.29, 0.717) is 5.92 Å². The Morgan fingerprint density at radius 2 is 2.00 bits per heavy atom. The van der Waals surface area contributed by atoms with E-state index in [0.717, 1.165) is 37.1 Å². The molecule has 0 aromatic heterocycles. The van der Waals surface area contributed by atoms with Gasteiger partial charge in [-0.1, -0.05) is 31.2 Å². The Balaban J connectivity index is 1.75. The minimum absolute atomic E-state index is 0.140. The number of anilines is 1. The van der Waals surface area contributed by atoms with Crippen molar-refractivity contribution in [2.45, 2.75) is 38.3 Å². The smallest absolute Gasteiger partial charge is 0.123 e. The molecule has 120 valence electrons. The predicted molar refractivity (Wildman–Crippen MR) is 90.0 cm³/mol. The van der Waals surface area contributed by atoms with Crippen LogP contribution in [-0.4, -0.2) is 6.61 Å². The zero-order valence-electron chi connectivity index (χ0n) is 13.4. The van der Waals surface area contributed by atoms with E-state index >= 15 is 0 Å². The molecule has 0 spiro atoms. The molecular formula is C20H22FNO. The first kappa shape index (κ1) is 14.7. The van der Waals surface area contributed by atoms with Crippen LogP contribution in [0.5, 0.6) is 0 Å². The Labute approximate surface area is 136 Å². The summed E-state index contributed by atoms with van der Waals surface area (Å²) < 4.78 is 19.4. The van der Waals surface area contributed by atoms with E-state index in [1.54, 1.807) is 12.1 Å². The average molecular weight is 311 g/mol. The summed E-state index contributed by atoms with van der Waals surface area (Å²) in [6, 6.07) is 13.7. The van der Waals surface area contributed by atoms with Gasteiger partial charge in [0, 0.05) is 23.8 Å². The monoisotopic (exact) mass is 311 g/mol. The third-order valence-electron chi connectivity index (χ3n) is 5.17. The molecule has 2 aliphatic rings. The lowest BCUT2D eigenvalue weighted by molar-refractivity contribution is -0.0381. The summed E-state index contributed by atoms with van der Waals surface area (Å²) in [7, 11) is 0. The zero-order chi connectivity index (χ0) is 15.8. The minimum Gasteiger partial charge on any atom is -0.378 e. The number of nitrogens with one attached hydrogen (secondary N) is 1. The predicted octanol–water partition coefficient (Wildman–Crippen LogP) is 5.02. The van der Waals surface area contributed by atoms with Gasteiger partial charge < -0.3 is 10.1 Å². The molecule has 2 aliphatic heterocycles. The van der Waals surface area contributed by atoms with Crippen LogP contribution in [0, 0.1) is 11.7 Å². The third kappa shape index (κ3) is 2.63. The first-order valence-electron chi connectivity index (χ1n) is 8.52. The lowest BCUT2D eigenvalue weighted by atomic mass is 9.77. The molecule has 1 saturated heterocycles. The molecule has 0 aliphatic carbocycles. The van der Waals surface area contributed by atoms with Crippen molar-refractivity contribution in [1.29, 1.82) is 0 Å². The zero-order valence-corrected chi connectivity index (χ0v) is 13.4. The molecular weight excluding hydrogens is 289 g/mol. The van der Waals surface area contributed by atoms with Crippen LogP contribution < -0.4 is 5.32 Å². The molecule has 0 amide bonds. The number of aryl methyl sites for hydroxylation is 1. The van der Waals surface area contributed by atoms with Crippen LogP contribution in [0.25, 0.3) is 0 Å². The molecule has 1 unspecified atom stereocenters. The normalized spacial score (nSPS) is 26.1. The van der Waals surface area contributed by atoms with Crippen molar-refractivity contribution in [2.24, 2.45) is 5.92 Å². The molecule has 0 bridgehead atoms. The highest BCUT2D eigenvalue weighted by atomic mass is 19.1. The van der Waals surface area contributed by atoms with E-state index in [2.05, 4.69) is 30.4 Å². The number of ether oxygens (including phenoxy) is 1. The molecule has 3 heteroatoms. The average Bonchev–Trinajstić information content (AvgIpc) is 2.61. The van der Waals surface area contributed by atoms with Gasteiger partial charge in [0.25, 0.3) is 0 Å². The van der Waals surface area contributed by atoms with Crippen molar-refractivity contribution in [2.75, 3.05) is 11.9 Å². The van der Waals surface area contributed by atoms with Crippen LogP contribution in [-0.2, 0) is 11.2 Å². The van der Waals surface area contributed by atoms with Gasteiger partial charge in [-0.3, -0.25) is 0 Å². The maximum Gasteiger partial charge on any atom is 0.123 e. The summed E-state index contributed by atoms with van der Waals surface area (Å²) in [4.78, 5) is 0. The third-order valence-corrected chi connectivity index (χ3v) is 5.17. The van der Waals surface area contributed by atoms with Gasteiger partial charge >= 0.3 is 0 Å². The summed E-state index contributed by atoms with van der Waals surface area (Å²) >= 11 is 0. The van der Waals surface area contributed by atoms with Crippen LogP contribution in [0.1, 0.15) is 48.6 Å². The van der Waals surface area contributed by atoms with Gasteiger partial charge in [0.1, 0.15) is 5.82 Å². The molecule has 1 fully saturated rings. The molecule has 23 heavy (non-hydrogen) atoms. The molecule has 3 atom stereocenters. The second-order valence-corrected chi connectivity index (χ2v) is 6.55. The van der Waals surface area contributed by atoms with Gasteiger partial charge in [0.15, 0.2) is 0 Å². The Kier molecular flexibility index (Phi) is 3.82. The van der Waals surface area contributed by atoms with E-state index in [-0.39, 0.29) is 18.0 Å². The van der Waals surface area contributed by atoms with Gasteiger partial charge in [0.2, 0.25) is 0 Å². The molecule has 2 nitrogen and oxygen atoms in total. The van der Waals surface area contributed by atoms with Crippen molar-refractivity contribution < 1.29 is 9.13 Å². The van der Waals surface area contributed by atoms with Gasteiger partial charge in [0.05, 0.1) is 12.1 Å². The Hall–Kier alpha value is -1.87. The number of rotatable bonds is 2. The summed E-state index contributed by atoms with van der Waals surface area (Å²) in [6.07, 6.45) is 3.40. The maximum absolute atomic E-state index is 13.3. The Bertz CT molecular complexity index is 697. The molecule has 0 saturated carbocycles. The highest BCUT2D eigenvalue weighted by Crippen LogP contribution is 2.49. The van der Waals surface area contributed by atoms with Gasteiger partial charge in [-0.05, 0) is 48.6 Å². The van der Waals surface area contributed by atoms with Crippen molar-refractivity contribution in [3.05, 3.63) is 65.0 Å². The fourth-order valence-corrected chi connectivity index (χ4v) is 3.94. The van der Waals surface area contributed by atoms with E-state index in [9.17, 15) is 4.39 Å². The highest BCUT2D eigenvalue weighted by molar-refractivity contribution is 5.58. The van der Waals surface area contributed by atoms with Crippen molar-refractivity contribution in [3.8, 4) is 0 Å². The Morgan fingerprint density at radius 3 is 2.78 bits per heavy atom. The van der Waals surface area contributed by atoms with E-state index in [1.165, 1.54) is 11.1 Å². The lowest BCUT2D eigenvalue weighted by Crippen LogP contribution is -2.36. The molecule has 0 radical (unpaired) electrons. The van der Waals surface area contributed by atoms with Crippen molar-refractivity contribution >= 4 is 5.69 Å². The van der Waals surface area contributed by atoms with Crippen LogP contribution in [0.4, 0.5) is 10.1 Å². The largest absolute Gasteiger partial charge is 0.378 e. The van der Waals surface area contributed by atoms with E-state index in [1.807, 2.05) is 12.1 Å². The number of fused-ring (bicyclic) bond motifs is 3. The standard InChI is InChI=1S/C20H22FNO/c1-2-13-5-10-18-17(12-13)20-16(4-3-11-23-20)19(22-18)14-6-8-15(21)9-7-14/h5-10,12,16,19-20,22H,2-4,11H2,1H3/t16-,19?,20-/m0/s1. The second kappa shape index (κ2) is 5.97. The number of hydrogen-bond acceptors (Lipinski definition) is 2. The SMILES string of the molecule is CCc1ccc2c(c1)[C@H]1OCCC[C@H]1C(c1ccc(F)cc1)N2. The number of benzene rings is 2.